The van der Waals surface area contributed by atoms with Crippen LogP contribution in [0.3, 0.4) is 0 Å². The van der Waals surface area contributed by atoms with E-state index in [1.165, 1.54) is 16.8 Å². The summed E-state index contributed by atoms with van der Waals surface area (Å²) in [4.78, 5) is 11.2. The zero-order chi connectivity index (χ0) is 14.9. The highest BCUT2D eigenvalue weighted by Gasteiger charge is 2.28. The summed E-state index contributed by atoms with van der Waals surface area (Å²) < 4.78 is 28.6. The van der Waals surface area contributed by atoms with Crippen molar-refractivity contribution in [2.75, 3.05) is 0 Å². The molecule has 112 valence electrons. The topological polar surface area (TPSA) is 120 Å². The molecule has 0 saturated heterocycles. The van der Waals surface area contributed by atoms with Crippen molar-refractivity contribution in [1.82, 2.24) is 9.29 Å². The Hall–Kier alpha value is -1.38. The van der Waals surface area contributed by atoms with Gasteiger partial charge in [0.2, 0.25) is 10.0 Å². The van der Waals surface area contributed by atoms with Crippen molar-refractivity contribution in [2.45, 2.75) is 42.7 Å². The van der Waals surface area contributed by atoms with Gasteiger partial charge < -0.3 is 16.0 Å². The quantitative estimate of drug-likeness (QED) is 0.705. The Morgan fingerprint density at radius 2 is 2.05 bits per heavy atom. The molecule has 7 nitrogen and oxygen atoms in total. The number of carbonyl (C=O) groups is 1. The Morgan fingerprint density at radius 1 is 1.40 bits per heavy atom. The van der Waals surface area contributed by atoms with Gasteiger partial charge in [-0.05, 0) is 18.9 Å². The van der Waals surface area contributed by atoms with Gasteiger partial charge in [0.15, 0.2) is 0 Å². The van der Waals surface area contributed by atoms with Crippen LogP contribution in [0, 0.1) is 0 Å². The van der Waals surface area contributed by atoms with E-state index in [1.807, 2.05) is 0 Å². The number of hydrogen-bond donors (Lipinski definition) is 3. The molecule has 1 aromatic heterocycles. The molecule has 1 saturated carbocycles. The molecule has 1 fully saturated rings. The summed E-state index contributed by atoms with van der Waals surface area (Å²) in [5.74, 6) is -0.664. The number of sulfonamides is 1. The molecular formula is C12H20N4O3S. The number of nitrogens with one attached hydrogen (secondary N) is 1. The van der Waals surface area contributed by atoms with E-state index in [2.05, 4.69) is 4.72 Å². The van der Waals surface area contributed by atoms with Crippen molar-refractivity contribution in [3.8, 4) is 0 Å². The van der Waals surface area contributed by atoms with Gasteiger partial charge in [0, 0.05) is 25.3 Å². The Kier molecular flexibility index (Phi) is 4.17. The van der Waals surface area contributed by atoms with Crippen LogP contribution < -0.4 is 16.2 Å². The summed E-state index contributed by atoms with van der Waals surface area (Å²) in [5.41, 5.74) is 11.3. The normalized spacial score (nSPS) is 23.7. The first-order chi connectivity index (χ1) is 9.31. The van der Waals surface area contributed by atoms with Crippen LogP contribution in [-0.2, 0) is 17.1 Å². The first-order valence-corrected chi connectivity index (χ1v) is 8.03. The Morgan fingerprint density at radius 3 is 2.60 bits per heavy atom. The Balaban J connectivity index is 2.22. The maximum atomic E-state index is 12.3. The highest BCUT2D eigenvalue weighted by Crippen LogP contribution is 2.20. The fourth-order valence-corrected chi connectivity index (χ4v) is 3.89. The summed E-state index contributed by atoms with van der Waals surface area (Å²) in [6, 6.07) is 0.850. The molecule has 0 bridgehead atoms. The predicted octanol–water partition coefficient (Wildman–Crippen LogP) is -0.328. The second-order valence-electron chi connectivity index (χ2n) is 5.21. The van der Waals surface area contributed by atoms with Crippen LogP contribution in [0.2, 0.25) is 0 Å². The molecule has 1 aromatic rings. The standard InChI is InChI=1S/C12H20N4O3S/c1-16-7-8(6-11(16)12(14)17)20(18,19)15-10-5-3-2-4-9(10)13/h6-7,9-10,15H,2-5,13H2,1H3,(H2,14,17)/t9-,10-/m1/s1. The van der Waals surface area contributed by atoms with E-state index in [0.717, 1.165) is 25.7 Å². The number of nitrogens with zero attached hydrogens (tertiary/aromatic N) is 1. The number of primary amides is 1. The zero-order valence-electron chi connectivity index (χ0n) is 11.4. The lowest BCUT2D eigenvalue weighted by atomic mass is 9.92. The van der Waals surface area contributed by atoms with Crippen molar-refractivity contribution >= 4 is 15.9 Å². The van der Waals surface area contributed by atoms with Crippen molar-refractivity contribution in [1.29, 1.82) is 0 Å². The molecule has 0 spiro atoms. The number of rotatable bonds is 4. The minimum atomic E-state index is -3.69. The van der Waals surface area contributed by atoms with E-state index >= 15 is 0 Å². The van der Waals surface area contributed by atoms with E-state index in [9.17, 15) is 13.2 Å². The lowest BCUT2D eigenvalue weighted by molar-refractivity contribution is 0.0992. The fourth-order valence-electron chi connectivity index (χ4n) is 2.50. The van der Waals surface area contributed by atoms with Crippen LogP contribution in [-0.4, -0.2) is 31.0 Å². The minimum absolute atomic E-state index is 0.0339. The van der Waals surface area contributed by atoms with Gasteiger partial charge in [-0.1, -0.05) is 12.8 Å². The first kappa shape index (κ1) is 15.0. The third-order valence-corrected chi connectivity index (χ3v) is 5.13. The lowest BCUT2D eigenvalue weighted by Gasteiger charge is -2.28. The molecule has 20 heavy (non-hydrogen) atoms. The Labute approximate surface area is 118 Å². The maximum absolute atomic E-state index is 12.3. The van der Waals surface area contributed by atoms with Crippen molar-refractivity contribution in [3.63, 3.8) is 0 Å². The smallest absolute Gasteiger partial charge is 0.265 e. The summed E-state index contributed by atoms with van der Waals surface area (Å²) in [6.07, 6.45) is 4.90. The zero-order valence-corrected chi connectivity index (χ0v) is 12.2. The van der Waals surface area contributed by atoms with Crippen molar-refractivity contribution in [2.24, 2.45) is 18.5 Å². The van der Waals surface area contributed by atoms with Gasteiger partial charge in [-0.3, -0.25) is 4.79 Å². The van der Waals surface area contributed by atoms with E-state index < -0.39 is 15.9 Å². The molecule has 2 atom stereocenters. The van der Waals surface area contributed by atoms with E-state index in [-0.39, 0.29) is 22.7 Å². The number of nitrogens with two attached hydrogens (primary N) is 2. The van der Waals surface area contributed by atoms with Crippen LogP contribution in [0.1, 0.15) is 36.2 Å². The largest absolute Gasteiger partial charge is 0.364 e. The van der Waals surface area contributed by atoms with Gasteiger partial charge in [0.25, 0.3) is 5.91 Å². The fraction of sp³-hybridized carbons (Fsp3) is 0.583. The molecule has 1 aliphatic carbocycles. The molecule has 8 heteroatoms. The van der Waals surface area contributed by atoms with E-state index in [1.54, 1.807) is 7.05 Å². The second-order valence-corrected chi connectivity index (χ2v) is 6.93. The highest BCUT2D eigenvalue weighted by atomic mass is 32.2. The van der Waals surface area contributed by atoms with Gasteiger partial charge >= 0.3 is 0 Å². The van der Waals surface area contributed by atoms with Gasteiger partial charge in [-0.15, -0.1) is 0 Å². The van der Waals surface area contributed by atoms with Crippen LogP contribution >= 0.6 is 0 Å². The third-order valence-electron chi connectivity index (χ3n) is 3.67. The first-order valence-electron chi connectivity index (χ1n) is 6.55. The van der Waals surface area contributed by atoms with Gasteiger partial charge in [-0.25, -0.2) is 13.1 Å². The molecule has 5 N–H and O–H groups in total. The van der Waals surface area contributed by atoms with Crippen molar-refractivity contribution in [3.05, 3.63) is 18.0 Å². The van der Waals surface area contributed by atoms with Crippen LogP contribution in [0.5, 0.6) is 0 Å². The molecule has 1 heterocycles. The van der Waals surface area contributed by atoms with Crippen LogP contribution in [0.25, 0.3) is 0 Å². The number of aryl methyl sites for hydroxylation is 1. The monoisotopic (exact) mass is 300 g/mol. The predicted molar refractivity (Wildman–Crippen MR) is 74.5 cm³/mol. The molecule has 0 unspecified atom stereocenters. The van der Waals surface area contributed by atoms with Crippen LogP contribution in [0.15, 0.2) is 17.2 Å². The summed E-state index contributed by atoms with van der Waals surface area (Å²) in [5, 5.41) is 0. The number of hydrogen-bond acceptors (Lipinski definition) is 4. The molecule has 1 aliphatic rings. The molecule has 0 aliphatic heterocycles. The second kappa shape index (κ2) is 5.55. The average molecular weight is 300 g/mol. The van der Waals surface area contributed by atoms with Crippen molar-refractivity contribution < 1.29 is 13.2 Å². The Bertz CT molecular complexity index is 608. The number of carbonyl (C=O) groups excluding carboxylic acids is 1. The highest BCUT2D eigenvalue weighted by molar-refractivity contribution is 7.89. The number of aromatic nitrogens is 1. The van der Waals surface area contributed by atoms with E-state index in [4.69, 9.17) is 11.5 Å². The van der Waals surface area contributed by atoms with Crippen LogP contribution in [0.4, 0.5) is 0 Å². The van der Waals surface area contributed by atoms with E-state index in [0.29, 0.717) is 0 Å². The minimum Gasteiger partial charge on any atom is -0.364 e. The van der Waals surface area contributed by atoms with Gasteiger partial charge in [0.1, 0.15) is 10.6 Å². The lowest BCUT2D eigenvalue weighted by Crippen LogP contribution is -2.49. The third kappa shape index (κ3) is 3.02. The molecule has 0 aromatic carbocycles. The molecule has 0 radical (unpaired) electrons. The summed E-state index contributed by atoms with van der Waals surface area (Å²) >= 11 is 0. The summed E-state index contributed by atoms with van der Waals surface area (Å²) in [7, 11) is -2.11. The molecular weight excluding hydrogens is 280 g/mol. The molecule has 1 amide bonds. The average Bonchev–Trinajstić information content (AvgIpc) is 2.75. The number of amides is 1. The summed E-state index contributed by atoms with van der Waals surface area (Å²) in [6.45, 7) is 0. The maximum Gasteiger partial charge on any atom is 0.265 e. The van der Waals surface area contributed by atoms with Gasteiger partial charge in [0.05, 0.1) is 0 Å². The van der Waals surface area contributed by atoms with Gasteiger partial charge in [-0.2, -0.15) is 0 Å². The molecule has 2 rings (SSSR count). The SMILES string of the molecule is Cn1cc(S(=O)(=O)N[C@@H]2CCCC[C@H]2N)cc1C(N)=O.